The molecule has 1 aliphatic carbocycles. The van der Waals surface area contributed by atoms with Crippen LogP contribution in [0.2, 0.25) is 0 Å². The molecule has 0 radical (unpaired) electrons. The molecule has 0 spiro atoms. The molecule has 1 aromatic rings. The van der Waals surface area contributed by atoms with E-state index in [1.165, 1.54) is 14.0 Å². The van der Waals surface area contributed by atoms with Crippen LogP contribution < -0.4 is 0 Å². The molecule has 2 aliphatic rings. The van der Waals surface area contributed by atoms with Gasteiger partial charge in [-0.15, -0.1) is 0 Å². The number of esters is 1. The lowest BCUT2D eigenvalue weighted by Crippen LogP contribution is -2.40. The average Bonchev–Trinajstić information content (AvgIpc) is 2.51. The van der Waals surface area contributed by atoms with Gasteiger partial charge in [-0.25, -0.2) is 0 Å². The molecule has 0 amide bonds. The molecule has 6 nitrogen and oxygen atoms in total. The van der Waals surface area contributed by atoms with Gasteiger partial charge in [-0.2, -0.15) is 0 Å². The maximum absolute atomic E-state index is 12.6. The van der Waals surface area contributed by atoms with E-state index in [2.05, 4.69) is 0 Å². The van der Waals surface area contributed by atoms with Crippen molar-refractivity contribution in [1.82, 2.24) is 0 Å². The SMILES string of the molecule is COC1OC(OC(C)=O)CC2=C1C(=O)c1ccccc1C2=O. The van der Waals surface area contributed by atoms with Crippen molar-refractivity contribution in [1.29, 1.82) is 0 Å². The van der Waals surface area contributed by atoms with E-state index in [0.29, 0.717) is 11.1 Å². The van der Waals surface area contributed by atoms with Crippen molar-refractivity contribution in [2.75, 3.05) is 7.11 Å². The number of carbonyl (C=O) groups is 3. The quantitative estimate of drug-likeness (QED) is 0.773. The van der Waals surface area contributed by atoms with Crippen molar-refractivity contribution in [3.05, 3.63) is 46.5 Å². The number of ketones is 2. The summed E-state index contributed by atoms with van der Waals surface area (Å²) in [6.45, 7) is 1.25. The van der Waals surface area contributed by atoms with Crippen LogP contribution in [-0.2, 0) is 19.0 Å². The third-order valence-corrected chi connectivity index (χ3v) is 3.65. The molecule has 2 atom stereocenters. The van der Waals surface area contributed by atoms with Gasteiger partial charge in [-0.05, 0) is 0 Å². The highest BCUT2D eigenvalue weighted by Crippen LogP contribution is 2.36. The van der Waals surface area contributed by atoms with Crippen LogP contribution in [-0.4, -0.2) is 37.2 Å². The van der Waals surface area contributed by atoms with Gasteiger partial charge in [0.25, 0.3) is 0 Å². The number of benzene rings is 1. The standard InChI is InChI=1S/C16H14O6/c1-8(17)21-12-7-11-13(16(20-2)22-12)15(19)10-6-4-3-5-9(10)14(11)18/h3-6,12,16H,7H2,1-2H3. The van der Waals surface area contributed by atoms with Gasteiger partial charge >= 0.3 is 5.97 Å². The topological polar surface area (TPSA) is 78.9 Å². The Morgan fingerprint density at radius 1 is 1.18 bits per heavy atom. The molecule has 1 aliphatic heterocycles. The summed E-state index contributed by atoms with van der Waals surface area (Å²) in [5.74, 6) is -1.08. The second-order valence-electron chi connectivity index (χ2n) is 5.04. The molecule has 0 fully saturated rings. The first-order chi connectivity index (χ1) is 10.5. The Kier molecular flexibility index (Phi) is 3.64. The zero-order chi connectivity index (χ0) is 15.9. The highest BCUT2D eigenvalue weighted by Gasteiger charge is 2.42. The fraction of sp³-hybridized carbons (Fsp3) is 0.312. The van der Waals surface area contributed by atoms with Gasteiger partial charge < -0.3 is 14.2 Å². The Balaban J connectivity index is 2.06. The predicted octanol–water partition coefficient (Wildman–Crippen LogP) is 1.64. The van der Waals surface area contributed by atoms with Crippen molar-refractivity contribution in [2.24, 2.45) is 0 Å². The average molecular weight is 302 g/mol. The van der Waals surface area contributed by atoms with Crippen LogP contribution in [0.1, 0.15) is 34.1 Å². The lowest BCUT2D eigenvalue weighted by Gasteiger charge is -2.33. The van der Waals surface area contributed by atoms with Gasteiger partial charge in [0.05, 0.1) is 5.57 Å². The number of ether oxygens (including phenoxy) is 3. The fourth-order valence-electron chi connectivity index (χ4n) is 2.75. The first kappa shape index (κ1) is 14.6. The minimum absolute atomic E-state index is 0.0354. The number of Topliss-reactive ketones (excluding diaryl/α,β-unsaturated/α-hetero) is 2. The van der Waals surface area contributed by atoms with E-state index >= 15 is 0 Å². The van der Waals surface area contributed by atoms with E-state index in [1.807, 2.05) is 0 Å². The van der Waals surface area contributed by atoms with Crippen LogP contribution in [0, 0.1) is 0 Å². The largest absolute Gasteiger partial charge is 0.435 e. The third kappa shape index (κ3) is 2.26. The highest BCUT2D eigenvalue weighted by molar-refractivity contribution is 6.27. The fourth-order valence-corrected chi connectivity index (χ4v) is 2.75. The van der Waals surface area contributed by atoms with Crippen molar-refractivity contribution in [3.63, 3.8) is 0 Å². The lowest BCUT2D eigenvalue weighted by atomic mass is 9.81. The van der Waals surface area contributed by atoms with Gasteiger partial charge in [-0.1, -0.05) is 24.3 Å². The molecule has 114 valence electrons. The Labute approximate surface area is 126 Å². The molecular formula is C16H14O6. The summed E-state index contributed by atoms with van der Waals surface area (Å²) in [6.07, 6.45) is -1.94. The first-order valence-corrected chi connectivity index (χ1v) is 6.80. The Morgan fingerprint density at radius 2 is 1.82 bits per heavy atom. The van der Waals surface area contributed by atoms with Gasteiger partial charge in [0.1, 0.15) is 0 Å². The van der Waals surface area contributed by atoms with Crippen molar-refractivity contribution < 1.29 is 28.6 Å². The summed E-state index contributed by atoms with van der Waals surface area (Å²) in [4.78, 5) is 36.3. The molecule has 0 N–H and O–H groups in total. The molecule has 22 heavy (non-hydrogen) atoms. The molecule has 3 rings (SSSR count). The zero-order valence-electron chi connectivity index (χ0n) is 12.1. The van der Waals surface area contributed by atoms with E-state index in [4.69, 9.17) is 14.2 Å². The minimum atomic E-state index is -1.03. The molecule has 0 saturated heterocycles. The van der Waals surface area contributed by atoms with E-state index in [-0.39, 0.29) is 29.1 Å². The van der Waals surface area contributed by atoms with Crippen LogP contribution in [0.3, 0.4) is 0 Å². The summed E-state index contributed by atoms with van der Waals surface area (Å²) in [7, 11) is 1.36. The number of hydrogen-bond donors (Lipinski definition) is 0. The predicted molar refractivity (Wildman–Crippen MR) is 74.2 cm³/mol. The monoisotopic (exact) mass is 302 g/mol. The van der Waals surface area contributed by atoms with Crippen LogP contribution in [0.15, 0.2) is 35.4 Å². The highest BCUT2D eigenvalue weighted by atomic mass is 16.8. The molecule has 2 unspecified atom stereocenters. The van der Waals surface area contributed by atoms with Gasteiger partial charge in [-0.3, -0.25) is 14.4 Å². The number of rotatable bonds is 2. The smallest absolute Gasteiger partial charge is 0.304 e. The summed E-state index contributed by atoms with van der Waals surface area (Å²) in [5, 5.41) is 0. The molecule has 0 bridgehead atoms. The zero-order valence-corrected chi connectivity index (χ0v) is 12.1. The second kappa shape index (κ2) is 5.47. The molecule has 1 heterocycles. The normalized spacial score (nSPS) is 23.9. The van der Waals surface area contributed by atoms with Crippen LogP contribution >= 0.6 is 0 Å². The first-order valence-electron chi connectivity index (χ1n) is 6.80. The van der Waals surface area contributed by atoms with Crippen molar-refractivity contribution >= 4 is 17.5 Å². The molecular weight excluding hydrogens is 288 g/mol. The summed E-state index contributed by atoms with van der Waals surface area (Å²) in [5.41, 5.74) is 1.16. The Bertz CT molecular complexity index is 702. The van der Waals surface area contributed by atoms with Crippen LogP contribution in [0.5, 0.6) is 0 Å². The number of hydrogen-bond acceptors (Lipinski definition) is 6. The van der Waals surface area contributed by atoms with Gasteiger partial charge in [0.15, 0.2) is 17.9 Å². The second-order valence-corrected chi connectivity index (χ2v) is 5.04. The molecule has 1 aromatic carbocycles. The van der Waals surface area contributed by atoms with E-state index in [9.17, 15) is 14.4 Å². The van der Waals surface area contributed by atoms with Gasteiger partial charge in [0, 0.05) is 37.2 Å². The summed E-state index contributed by atoms with van der Waals surface area (Å²) >= 11 is 0. The van der Waals surface area contributed by atoms with Crippen LogP contribution in [0.4, 0.5) is 0 Å². The number of methoxy groups -OCH3 is 1. The summed E-state index contributed by atoms with van der Waals surface area (Å²) < 4.78 is 15.6. The number of carbonyl (C=O) groups excluding carboxylic acids is 3. The van der Waals surface area contributed by atoms with E-state index in [0.717, 1.165) is 0 Å². The maximum atomic E-state index is 12.6. The van der Waals surface area contributed by atoms with Gasteiger partial charge in [0.2, 0.25) is 6.29 Å². The molecule has 0 saturated carbocycles. The Hall–Kier alpha value is -2.31. The van der Waals surface area contributed by atoms with Crippen molar-refractivity contribution in [3.8, 4) is 0 Å². The lowest BCUT2D eigenvalue weighted by molar-refractivity contribution is -0.225. The number of fused-ring (bicyclic) bond motifs is 1. The molecule has 6 heteroatoms. The van der Waals surface area contributed by atoms with Crippen molar-refractivity contribution in [2.45, 2.75) is 25.9 Å². The van der Waals surface area contributed by atoms with Crippen LogP contribution in [0.25, 0.3) is 0 Å². The molecule has 0 aromatic heterocycles. The minimum Gasteiger partial charge on any atom is -0.435 e. The Morgan fingerprint density at radius 3 is 2.41 bits per heavy atom. The summed E-state index contributed by atoms with van der Waals surface area (Å²) in [6, 6.07) is 6.61. The van der Waals surface area contributed by atoms with E-state index in [1.54, 1.807) is 24.3 Å². The van der Waals surface area contributed by atoms with E-state index < -0.39 is 18.5 Å². The third-order valence-electron chi connectivity index (χ3n) is 3.65. The maximum Gasteiger partial charge on any atom is 0.304 e.